The molecule has 1 unspecified atom stereocenters. The zero-order valence-corrected chi connectivity index (χ0v) is 8.60. The topological polar surface area (TPSA) is 37.8 Å². The van der Waals surface area contributed by atoms with Crippen molar-refractivity contribution >= 4 is 29.0 Å². The van der Waals surface area contributed by atoms with Crippen LogP contribution in [-0.4, -0.2) is 16.0 Å². The predicted molar refractivity (Wildman–Crippen MR) is 55.3 cm³/mol. The Labute approximate surface area is 86.8 Å². The van der Waals surface area contributed by atoms with Crippen LogP contribution in [0, 0.1) is 0 Å². The molecular formula is C8H9Cl2N3. The molecular weight excluding hydrogens is 209 g/mol. The second kappa shape index (κ2) is 4.44. The van der Waals surface area contributed by atoms with Gasteiger partial charge in [-0.3, -0.25) is 0 Å². The van der Waals surface area contributed by atoms with Crippen molar-refractivity contribution in [3.05, 3.63) is 29.2 Å². The third-order valence-corrected chi connectivity index (χ3v) is 1.89. The highest BCUT2D eigenvalue weighted by Crippen LogP contribution is 2.19. The van der Waals surface area contributed by atoms with Crippen molar-refractivity contribution in [1.29, 1.82) is 0 Å². The summed E-state index contributed by atoms with van der Waals surface area (Å²) in [4.78, 5) is 7.65. The summed E-state index contributed by atoms with van der Waals surface area (Å²) in [5.74, 6) is 0.522. The fraction of sp³-hybridized carbons (Fsp3) is 0.250. The van der Waals surface area contributed by atoms with E-state index in [2.05, 4.69) is 21.9 Å². The summed E-state index contributed by atoms with van der Waals surface area (Å²) < 4.78 is 0. The van der Waals surface area contributed by atoms with Gasteiger partial charge in [-0.25, -0.2) is 4.98 Å². The summed E-state index contributed by atoms with van der Waals surface area (Å²) in [7, 11) is 0. The lowest BCUT2D eigenvalue weighted by molar-refractivity contribution is 0.976. The van der Waals surface area contributed by atoms with E-state index in [0.717, 1.165) is 0 Å². The van der Waals surface area contributed by atoms with E-state index in [-0.39, 0.29) is 11.3 Å². The van der Waals surface area contributed by atoms with Crippen molar-refractivity contribution in [2.75, 3.05) is 5.32 Å². The van der Waals surface area contributed by atoms with Crippen molar-refractivity contribution in [3.8, 4) is 0 Å². The second-order valence-electron chi connectivity index (χ2n) is 2.50. The van der Waals surface area contributed by atoms with Crippen molar-refractivity contribution in [2.24, 2.45) is 0 Å². The molecule has 0 aliphatic carbocycles. The van der Waals surface area contributed by atoms with Gasteiger partial charge in [0.25, 0.3) is 0 Å². The van der Waals surface area contributed by atoms with Crippen LogP contribution in [0.2, 0.25) is 10.3 Å². The molecule has 0 spiro atoms. The van der Waals surface area contributed by atoms with E-state index < -0.39 is 0 Å². The third-order valence-electron chi connectivity index (χ3n) is 1.43. The summed E-state index contributed by atoms with van der Waals surface area (Å²) in [6, 6.07) is 0.0865. The molecule has 0 saturated carbocycles. The van der Waals surface area contributed by atoms with Crippen molar-refractivity contribution in [3.63, 3.8) is 0 Å². The number of rotatable bonds is 3. The molecule has 0 saturated heterocycles. The highest BCUT2D eigenvalue weighted by molar-refractivity contribution is 6.33. The van der Waals surface area contributed by atoms with Gasteiger partial charge < -0.3 is 5.32 Å². The van der Waals surface area contributed by atoms with Gasteiger partial charge in [-0.05, 0) is 18.5 Å². The van der Waals surface area contributed by atoms with Crippen LogP contribution in [0.3, 0.4) is 0 Å². The number of nitrogens with zero attached hydrogens (tertiary/aromatic N) is 2. The molecule has 1 rings (SSSR count). The van der Waals surface area contributed by atoms with Gasteiger partial charge in [0.1, 0.15) is 10.8 Å². The Morgan fingerprint density at radius 2 is 2.31 bits per heavy atom. The largest absolute Gasteiger partial charge is 0.363 e. The van der Waals surface area contributed by atoms with Crippen LogP contribution >= 0.6 is 23.2 Å². The molecule has 13 heavy (non-hydrogen) atoms. The summed E-state index contributed by atoms with van der Waals surface area (Å²) in [6.45, 7) is 5.56. The average Bonchev–Trinajstić information content (AvgIpc) is 2.11. The van der Waals surface area contributed by atoms with Gasteiger partial charge in [0.2, 0.25) is 5.28 Å². The Hall–Kier alpha value is -0.800. The molecule has 1 aromatic heterocycles. The molecule has 0 amide bonds. The third kappa shape index (κ3) is 2.86. The molecule has 0 aliphatic heterocycles. The SMILES string of the molecule is C=CC(C)Nc1nc(Cl)ncc1Cl. The number of anilines is 1. The first kappa shape index (κ1) is 10.3. The predicted octanol–water partition coefficient (Wildman–Crippen LogP) is 2.77. The lowest BCUT2D eigenvalue weighted by Gasteiger charge is -2.10. The zero-order chi connectivity index (χ0) is 9.84. The minimum absolute atomic E-state index is 0.0865. The van der Waals surface area contributed by atoms with E-state index in [1.54, 1.807) is 6.08 Å². The molecule has 5 heteroatoms. The normalized spacial score (nSPS) is 12.2. The van der Waals surface area contributed by atoms with Gasteiger partial charge in [0.05, 0.1) is 6.20 Å². The molecule has 0 fully saturated rings. The number of aromatic nitrogens is 2. The Bertz CT molecular complexity index is 314. The van der Waals surface area contributed by atoms with Crippen LogP contribution in [0.5, 0.6) is 0 Å². The zero-order valence-electron chi connectivity index (χ0n) is 7.09. The first-order chi connectivity index (χ1) is 6.13. The quantitative estimate of drug-likeness (QED) is 0.626. The maximum absolute atomic E-state index is 5.82. The minimum Gasteiger partial charge on any atom is -0.363 e. The van der Waals surface area contributed by atoms with Crippen molar-refractivity contribution < 1.29 is 0 Å². The molecule has 0 radical (unpaired) electrons. The van der Waals surface area contributed by atoms with Crippen LogP contribution in [0.4, 0.5) is 5.82 Å². The highest BCUT2D eigenvalue weighted by Gasteiger charge is 2.05. The molecule has 1 atom stereocenters. The highest BCUT2D eigenvalue weighted by atomic mass is 35.5. The Morgan fingerprint density at radius 1 is 1.62 bits per heavy atom. The summed E-state index contributed by atoms with van der Waals surface area (Å²) in [6.07, 6.45) is 3.20. The Kier molecular flexibility index (Phi) is 3.51. The first-order valence-electron chi connectivity index (χ1n) is 3.70. The first-order valence-corrected chi connectivity index (χ1v) is 4.46. The number of nitrogens with one attached hydrogen (secondary N) is 1. The maximum Gasteiger partial charge on any atom is 0.224 e. The number of hydrogen-bond acceptors (Lipinski definition) is 3. The standard InChI is InChI=1S/C8H9Cl2N3/c1-3-5(2)12-7-6(9)4-11-8(10)13-7/h3-5H,1H2,2H3,(H,11,12,13). The number of hydrogen-bond donors (Lipinski definition) is 1. The van der Waals surface area contributed by atoms with Gasteiger partial charge in [0.15, 0.2) is 0 Å². The van der Waals surface area contributed by atoms with Gasteiger partial charge in [-0.1, -0.05) is 17.7 Å². The van der Waals surface area contributed by atoms with Gasteiger partial charge in [-0.15, -0.1) is 6.58 Å². The molecule has 1 N–H and O–H groups in total. The monoisotopic (exact) mass is 217 g/mol. The molecule has 0 aliphatic rings. The van der Waals surface area contributed by atoms with Gasteiger partial charge in [0, 0.05) is 6.04 Å². The van der Waals surface area contributed by atoms with E-state index in [1.807, 2.05) is 6.92 Å². The second-order valence-corrected chi connectivity index (χ2v) is 3.25. The molecule has 3 nitrogen and oxygen atoms in total. The lowest BCUT2D eigenvalue weighted by Crippen LogP contribution is -2.13. The summed E-state index contributed by atoms with van der Waals surface area (Å²) >= 11 is 11.4. The van der Waals surface area contributed by atoms with Crippen LogP contribution in [0.25, 0.3) is 0 Å². The lowest BCUT2D eigenvalue weighted by atomic mass is 10.3. The molecule has 0 bridgehead atoms. The Morgan fingerprint density at radius 3 is 2.92 bits per heavy atom. The maximum atomic E-state index is 5.82. The minimum atomic E-state index is 0.0865. The fourth-order valence-corrected chi connectivity index (χ4v) is 1.00. The molecule has 1 aromatic rings. The van der Waals surface area contributed by atoms with Crippen LogP contribution in [0.1, 0.15) is 6.92 Å². The number of halogens is 2. The molecule has 1 heterocycles. The summed E-state index contributed by atoms with van der Waals surface area (Å²) in [5, 5.41) is 3.63. The van der Waals surface area contributed by atoms with E-state index in [9.17, 15) is 0 Å². The van der Waals surface area contributed by atoms with Crippen molar-refractivity contribution in [2.45, 2.75) is 13.0 Å². The van der Waals surface area contributed by atoms with E-state index >= 15 is 0 Å². The van der Waals surface area contributed by atoms with E-state index in [4.69, 9.17) is 23.2 Å². The van der Waals surface area contributed by atoms with Gasteiger partial charge in [-0.2, -0.15) is 4.98 Å². The molecule has 0 aromatic carbocycles. The Balaban J connectivity index is 2.86. The van der Waals surface area contributed by atoms with Crippen LogP contribution in [0.15, 0.2) is 18.9 Å². The fourth-order valence-electron chi connectivity index (χ4n) is 0.721. The van der Waals surface area contributed by atoms with Crippen LogP contribution in [-0.2, 0) is 0 Å². The van der Waals surface area contributed by atoms with Crippen molar-refractivity contribution in [1.82, 2.24) is 9.97 Å². The van der Waals surface area contributed by atoms with Gasteiger partial charge >= 0.3 is 0 Å². The van der Waals surface area contributed by atoms with E-state index in [0.29, 0.717) is 10.8 Å². The van der Waals surface area contributed by atoms with E-state index in [1.165, 1.54) is 6.20 Å². The average molecular weight is 218 g/mol. The van der Waals surface area contributed by atoms with Crippen LogP contribution < -0.4 is 5.32 Å². The summed E-state index contributed by atoms with van der Waals surface area (Å²) in [5.41, 5.74) is 0. The molecule has 70 valence electrons. The smallest absolute Gasteiger partial charge is 0.224 e.